The zero-order chi connectivity index (χ0) is 18.9. The minimum absolute atomic E-state index is 0.0845. The Morgan fingerprint density at radius 1 is 1.15 bits per heavy atom. The number of Topliss-reactive ketones (excluding diaryl/α,β-unsaturated/α-hetero) is 1. The topological polar surface area (TPSA) is 94.1 Å². The third-order valence-electron chi connectivity index (χ3n) is 3.55. The molecule has 7 heteroatoms. The number of carboxylic acid groups (broad SMARTS) is 1. The molecule has 2 aromatic carbocycles. The Bertz CT molecular complexity index is 774. The highest BCUT2D eigenvalue weighted by atomic mass is 16.7. The van der Waals surface area contributed by atoms with Gasteiger partial charge in [-0.05, 0) is 37.3 Å². The number of ether oxygens (including phenoxy) is 3. The number of anilines is 1. The van der Waals surface area contributed by atoms with Gasteiger partial charge in [0.15, 0.2) is 5.78 Å². The smallest absolute Gasteiger partial charge is 0.496 e. The maximum Gasteiger partial charge on any atom is 0.506 e. The molecular weight excluding hydrogens is 338 g/mol. The van der Waals surface area contributed by atoms with Crippen LogP contribution in [0.4, 0.5) is 10.5 Å². The van der Waals surface area contributed by atoms with Gasteiger partial charge in [-0.2, -0.15) is 0 Å². The summed E-state index contributed by atoms with van der Waals surface area (Å²) in [4.78, 5) is 22.9. The van der Waals surface area contributed by atoms with Gasteiger partial charge < -0.3 is 24.6 Å². The Labute approximate surface area is 151 Å². The molecule has 138 valence electrons. The predicted octanol–water partition coefficient (Wildman–Crippen LogP) is 3.58. The van der Waals surface area contributed by atoms with Crippen molar-refractivity contribution in [1.82, 2.24) is 0 Å². The largest absolute Gasteiger partial charge is 0.506 e. The fraction of sp³-hybridized carbons (Fsp3) is 0.263. The summed E-state index contributed by atoms with van der Waals surface area (Å²) in [6.45, 7) is 2.35. The van der Waals surface area contributed by atoms with Crippen LogP contribution < -0.4 is 14.8 Å². The van der Waals surface area contributed by atoms with E-state index in [0.717, 1.165) is 0 Å². The van der Waals surface area contributed by atoms with E-state index < -0.39 is 6.16 Å². The molecule has 0 fully saturated rings. The highest BCUT2D eigenvalue weighted by Gasteiger charge is 2.10. The Kier molecular flexibility index (Phi) is 6.84. The molecule has 2 rings (SSSR count). The highest BCUT2D eigenvalue weighted by Crippen LogP contribution is 2.23. The van der Waals surface area contributed by atoms with Crippen LogP contribution >= 0.6 is 0 Å². The summed E-state index contributed by atoms with van der Waals surface area (Å²) < 4.78 is 15.2. The second-order valence-electron chi connectivity index (χ2n) is 5.32. The Balaban J connectivity index is 2.04. The van der Waals surface area contributed by atoms with Crippen molar-refractivity contribution in [3.63, 3.8) is 0 Å². The van der Waals surface area contributed by atoms with Crippen LogP contribution in [-0.2, 0) is 11.3 Å². The van der Waals surface area contributed by atoms with Gasteiger partial charge >= 0.3 is 6.16 Å². The molecule has 0 aliphatic heterocycles. The van der Waals surface area contributed by atoms with Gasteiger partial charge in [-0.3, -0.25) is 4.79 Å². The standard InChI is InChI=1S/C19H21NO6/c1-3-25-16-6-4-5-13(10-16)17(21)11-20-15-7-8-18(24-2)14(9-15)12-26-19(22)23/h4-10,20H,3,11-12H2,1-2H3,(H,22,23). The van der Waals surface area contributed by atoms with Crippen LogP contribution in [0.2, 0.25) is 0 Å². The van der Waals surface area contributed by atoms with E-state index in [1.807, 2.05) is 6.92 Å². The lowest BCUT2D eigenvalue weighted by atomic mass is 10.1. The fourth-order valence-electron chi connectivity index (χ4n) is 2.35. The van der Waals surface area contributed by atoms with Crippen molar-refractivity contribution in [3.8, 4) is 11.5 Å². The van der Waals surface area contributed by atoms with Crippen LogP contribution in [0.25, 0.3) is 0 Å². The average molecular weight is 359 g/mol. The van der Waals surface area contributed by atoms with Gasteiger partial charge in [0, 0.05) is 16.8 Å². The van der Waals surface area contributed by atoms with E-state index in [1.54, 1.807) is 42.5 Å². The van der Waals surface area contributed by atoms with E-state index >= 15 is 0 Å². The molecule has 0 bridgehead atoms. The monoisotopic (exact) mass is 359 g/mol. The molecule has 0 saturated heterocycles. The van der Waals surface area contributed by atoms with Crippen LogP contribution in [0.3, 0.4) is 0 Å². The normalized spacial score (nSPS) is 10.1. The molecule has 0 atom stereocenters. The molecule has 0 spiro atoms. The number of nitrogens with one attached hydrogen (secondary N) is 1. The number of methoxy groups -OCH3 is 1. The molecule has 0 unspecified atom stereocenters. The molecule has 0 aliphatic carbocycles. The molecule has 26 heavy (non-hydrogen) atoms. The minimum Gasteiger partial charge on any atom is -0.496 e. The molecule has 0 amide bonds. The van der Waals surface area contributed by atoms with Gasteiger partial charge in [0.2, 0.25) is 0 Å². The third kappa shape index (κ3) is 5.41. The van der Waals surface area contributed by atoms with E-state index in [4.69, 9.17) is 14.6 Å². The maximum atomic E-state index is 12.4. The van der Waals surface area contributed by atoms with Gasteiger partial charge in [-0.15, -0.1) is 0 Å². The lowest BCUT2D eigenvalue weighted by Crippen LogP contribution is -2.14. The number of benzene rings is 2. The molecular formula is C19H21NO6. The van der Waals surface area contributed by atoms with Crippen molar-refractivity contribution in [1.29, 1.82) is 0 Å². The first kappa shape index (κ1) is 19.1. The fourth-order valence-corrected chi connectivity index (χ4v) is 2.35. The molecule has 0 aromatic heterocycles. The molecule has 0 heterocycles. The average Bonchev–Trinajstić information content (AvgIpc) is 2.65. The van der Waals surface area contributed by atoms with E-state index in [9.17, 15) is 9.59 Å². The van der Waals surface area contributed by atoms with Crippen molar-refractivity contribution >= 4 is 17.6 Å². The van der Waals surface area contributed by atoms with Crippen molar-refractivity contribution in [2.24, 2.45) is 0 Å². The molecule has 0 saturated carbocycles. The van der Waals surface area contributed by atoms with Gasteiger partial charge in [0.05, 0.1) is 20.3 Å². The second kappa shape index (κ2) is 9.31. The van der Waals surface area contributed by atoms with E-state index in [2.05, 4.69) is 10.1 Å². The molecule has 7 nitrogen and oxygen atoms in total. The Morgan fingerprint density at radius 3 is 2.65 bits per heavy atom. The second-order valence-corrected chi connectivity index (χ2v) is 5.32. The number of carbonyl (C=O) groups excluding carboxylic acids is 1. The summed E-state index contributed by atoms with van der Waals surface area (Å²) in [5.74, 6) is 1.06. The lowest BCUT2D eigenvalue weighted by Gasteiger charge is -2.12. The van der Waals surface area contributed by atoms with Crippen molar-refractivity contribution in [2.75, 3.05) is 25.6 Å². The van der Waals surface area contributed by atoms with E-state index in [1.165, 1.54) is 7.11 Å². The summed E-state index contributed by atoms with van der Waals surface area (Å²) >= 11 is 0. The van der Waals surface area contributed by atoms with Crippen LogP contribution in [0.5, 0.6) is 11.5 Å². The van der Waals surface area contributed by atoms with Crippen LogP contribution in [0.1, 0.15) is 22.8 Å². The first-order valence-corrected chi connectivity index (χ1v) is 8.06. The number of ketones is 1. The number of hydrogen-bond acceptors (Lipinski definition) is 6. The molecule has 2 aromatic rings. The van der Waals surface area contributed by atoms with Gasteiger partial charge in [0.25, 0.3) is 0 Å². The van der Waals surface area contributed by atoms with Crippen LogP contribution in [-0.4, -0.2) is 37.3 Å². The van der Waals surface area contributed by atoms with Crippen molar-refractivity contribution in [3.05, 3.63) is 53.6 Å². The first-order valence-electron chi connectivity index (χ1n) is 8.06. The lowest BCUT2D eigenvalue weighted by molar-refractivity contribution is 0.0847. The number of rotatable bonds is 9. The Morgan fingerprint density at radius 2 is 1.96 bits per heavy atom. The summed E-state index contributed by atoms with van der Waals surface area (Å²) in [7, 11) is 1.49. The summed E-state index contributed by atoms with van der Waals surface area (Å²) in [5, 5.41) is 11.7. The molecule has 0 radical (unpaired) electrons. The zero-order valence-corrected chi connectivity index (χ0v) is 14.7. The van der Waals surface area contributed by atoms with Gasteiger partial charge in [-0.1, -0.05) is 12.1 Å². The van der Waals surface area contributed by atoms with E-state index in [0.29, 0.717) is 34.9 Å². The minimum atomic E-state index is -1.37. The summed E-state index contributed by atoms with van der Waals surface area (Å²) in [5.41, 5.74) is 1.76. The van der Waals surface area contributed by atoms with Crippen LogP contribution in [0, 0.1) is 0 Å². The quantitative estimate of drug-likeness (QED) is 0.522. The van der Waals surface area contributed by atoms with Gasteiger partial charge in [-0.25, -0.2) is 4.79 Å². The van der Waals surface area contributed by atoms with Crippen molar-refractivity contribution in [2.45, 2.75) is 13.5 Å². The van der Waals surface area contributed by atoms with Crippen LogP contribution in [0.15, 0.2) is 42.5 Å². The summed E-state index contributed by atoms with van der Waals surface area (Å²) in [6, 6.07) is 12.1. The first-order chi connectivity index (χ1) is 12.5. The predicted molar refractivity (Wildman–Crippen MR) is 96.2 cm³/mol. The number of hydrogen-bond donors (Lipinski definition) is 2. The SMILES string of the molecule is CCOc1cccc(C(=O)CNc2ccc(OC)c(COC(=O)O)c2)c1. The number of carbonyl (C=O) groups is 2. The maximum absolute atomic E-state index is 12.4. The Hall–Kier alpha value is -3.22. The molecule has 0 aliphatic rings. The summed E-state index contributed by atoms with van der Waals surface area (Å²) in [6.07, 6.45) is -1.37. The highest BCUT2D eigenvalue weighted by molar-refractivity contribution is 5.99. The zero-order valence-electron chi connectivity index (χ0n) is 14.7. The van der Waals surface area contributed by atoms with E-state index in [-0.39, 0.29) is 18.9 Å². The molecule has 2 N–H and O–H groups in total. The van der Waals surface area contributed by atoms with Gasteiger partial charge in [0.1, 0.15) is 18.1 Å². The third-order valence-corrected chi connectivity index (χ3v) is 3.55. The van der Waals surface area contributed by atoms with Crippen molar-refractivity contribution < 1.29 is 28.9 Å².